The minimum absolute atomic E-state index is 0.568. The zero-order valence-corrected chi connectivity index (χ0v) is 12.9. The van der Waals surface area contributed by atoms with Crippen molar-refractivity contribution in [2.45, 2.75) is 52.0 Å². The van der Waals surface area contributed by atoms with Gasteiger partial charge in [-0.2, -0.15) is 4.98 Å². The predicted octanol–water partition coefficient (Wildman–Crippen LogP) is 3.47. The molecule has 20 heavy (non-hydrogen) atoms. The second kappa shape index (κ2) is 6.82. The van der Waals surface area contributed by atoms with Gasteiger partial charge in [0.15, 0.2) is 0 Å². The number of nitrogen functional groups attached to an aromatic ring is 1. The number of rotatable bonds is 5. The summed E-state index contributed by atoms with van der Waals surface area (Å²) in [4.78, 5) is 6.89. The van der Waals surface area contributed by atoms with Crippen molar-refractivity contribution in [2.75, 3.05) is 24.3 Å². The van der Waals surface area contributed by atoms with Gasteiger partial charge in [-0.15, -0.1) is 0 Å². The van der Waals surface area contributed by atoms with Gasteiger partial charge in [0, 0.05) is 13.1 Å². The normalized spacial score (nSPS) is 22.6. The van der Waals surface area contributed by atoms with Gasteiger partial charge in [0.2, 0.25) is 5.88 Å². The minimum Gasteiger partial charge on any atom is -0.476 e. The number of pyridine rings is 1. The molecule has 2 atom stereocenters. The Hall–Kier alpha value is -1.45. The van der Waals surface area contributed by atoms with Gasteiger partial charge >= 0.3 is 0 Å². The molecule has 4 nitrogen and oxygen atoms in total. The largest absolute Gasteiger partial charge is 0.476 e. The summed E-state index contributed by atoms with van der Waals surface area (Å²) in [5, 5.41) is 0. The van der Waals surface area contributed by atoms with Crippen molar-refractivity contribution in [3.8, 4) is 5.88 Å². The second-order valence-electron chi connectivity index (χ2n) is 5.85. The first-order valence-electron chi connectivity index (χ1n) is 7.75. The van der Waals surface area contributed by atoms with Crippen LogP contribution in [0.5, 0.6) is 5.88 Å². The SMILES string of the molecule is CCCOc1nc(N(C)C2CCCCC2C)ccc1N. The zero-order valence-electron chi connectivity index (χ0n) is 12.9. The molecule has 0 aliphatic heterocycles. The van der Waals surface area contributed by atoms with Crippen molar-refractivity contribution in [1.29, 1.82) is 0 Å². The van der Waals surface area contributed by atoms with E-state index in [2.05, 4.69) is 30.8 Å². The Morgan fingerprint density at radius 2 is 2.10 bits per heavy atom. The van der Waals surface area contributed by atoms with Crippen LogP contribution in [0.25, 0.3) is 0 Å². The highest BCUT2D eigenvalue weighted by Crippen LogP contribution is 2.31. The number of anilines is 2. The number of hydrogen-bond acceptors (Lipinski definition) is 4. The molecule has 0 radical (unpaired) electrons. The molecule has 2 unspecified atom stereocenters. The van der Waals surface area contributed by atoms with Gasteiger partial charge in [-0.3, -0.25) is 0 Å². The first-order chi connectivity index (χ1) is 9.63. The first-order valence-corrected chi connectivity index (χ1v) is 7.75. The molecule has 4 heteroatoms. The molecule has 0 spiro atoms. The third-order valence-electron chi connectivity index (χ3n) is 4.24. The average Bonchev–Trinajstić information content (AvgIpc) is 2.46. The van der Waals surface area contributed by atoms with Crippen LogP contribution in [-0.2, 0) is 0 Å². The van der Waals surface area contributed by atoms with Crippen molar-refractivity contribution in [2.24, 2.45) is 5.92 Å². The molecule has 0 saturated heterocycles. The summed E-state index contributed by atoms with van der Waals surface area (Å²) >= 11 is 0. The van der Waals surface area contributed by atoms with E-state index in [0.29, 0.717) is 30.1 Å². The van der Waals surface area contributed by atoms with Crippen molar-refractivity contribution in [3.05, 3.63) is 12.1 Å². The third kappa shape index (κ3) is 3.35. The van der Waals surface area contributed by atoms with Crippen molar-refractivity contribution in [1.82, 2.24) is 4.98 Å². The van der Waals surface area contributed by atoms with Crippen LogP contribution in [0.2, 0.25) is 0 Å². The van der Waals surface area contributed by atoms with Crippen LogP contribution < -0.4 is 15.4 Å². The summed E-state index contributed by atoms with van der Waals surface area (Å²) in [6.45, 7) is 5.08. The smallest absolute Gasteiger partial charge is 0.239 e. The lowest BCUT2D eigenvalue weighted by atomic mass is 9.85. The van der Waals surface area contributed by atoms with Crippen LogP contribution in [0, 0.1) is 5.92 Å². The summed E-state index contributed by atoms with van der Waals surface area (Å²) in [7, 11) is 2.13. The van der Waals surface area contributed by atoms with E-state index in [1.165, 1.54) is 25.7 Å². The fourth-order valence-corrected chi connectivity index (χ4v) is 2.99. The molecule has 1 heterocycles. The number of nitrogens with two attached hydrogens (primary N) is 1. The summed E-state index contributed by atoms with van der Waals surface area (Å²) in [6, 6.07) is 4.46. The molecule has 2 N–H and O–H groups in total. The summed E-state index contributed by atoms with van der Waals surface area (Å²) < 4.78 is 5.63. The van der Waals surface area contributed by atoms with E-state index in [9.17, 15) is 0 Å². The van der Waals surface area contributed by atoms with Crippen LogP contribution in [0.15, 0.2) is 12.1 Å². The zero-order chi connectivity index (χ0) is 14.5. The summed E-state index contributed by atoms with van der Waals surface area (Å²) in [5.74, 6) is 2.25. The van der Waals surface area contributed by atoms with Gasteiger partial charge in [0.05, 0.1) is 12.3 Å². The first kappa shape index (κ1) is 14.9. The van der Waals surface area contributed by atoms with E-state index in [4.69, 9.17) is 10.5 Å². The van der Waals surface area contributed by atoms with E-state index in [0.717, 1.165) is 12.2 Å². The molecule has 112 valence electrons. The van der Waals surface area contributed by atoms with Crippen LogP contribution in [0.1, 0.15) is 46.0 Å². The maximum Gasteiger partial charge on any atom is 0.239 e. The van der Waals surface area contributed by atoms with Gasteiger partial charge in [-0.1, -0.05) is 26.7 Å². The van der Waals surface area contributed by atoms with Gasteiger partial charge in [-0.25, -0.2) is 0 Å². The van der Waals surface area contributed by atoms with Crippen LogP contribution in [0.3, 0.4) is 0 Å². The van der Waals surface area contributed by atoms with E-state index >= 15 is 0 Å². The number of hydrogen-bond donors (Lipinski definition) is 1. The van der Waals surface area contributed by atoms with E-state index in [1.54, 1.807) is 0 Å². The average molecular weight is 277 g/mol. The second-order valence-corrected chi connectivity index (χ2v) is 5.85. The van der Waals surface area contributed by atoms with Gasteiger partial charge < -0.3 is 15.4 Å². The Bertz CT molecular complexity index is 436. The number of ether oxygens (including phenoxy) is 1. The molecule has 2 rings (SSSR count). The molecule has 1 aliphatic carbocycles. The lowest BCUT2D eigenvalue weighted by molar-refractivity contribution is 0.303. The highest BCUT2D eigenvalue weighted by Gasteiger charge is 2.26. The monoisotopic (exact) mass is 277 g/mol. The molecule has 0 bridgehead atoms. The Balaban J connectivity index is 2.14. The predicted molar refractivity (Wildman–Crippen MR) is 84.3 cm³/mol. The Labute approximate surface area is 122 Å². The van der Waals surface area contributed by atoms with Crippen molar-refractivity contribution < 1.29 is 4.74 Å². The minimum atomic E-state index is 0.568. The Morgan fingerprint density at radius 3 is 2.80 bits per heavy atom. The van der Waals surface area contributed by atoms with Gasteiger partial charge in [0.1, 0.15) is 5.82 Å². The third-order valence-corrected chi connectivity index (χ3v) is 4.24. The van der Waals surface area contributed by atoms with Crippen molar-refractivity contribution >= 4 is 11.5 Å². The fraction of sp³-hybridized carbons (Fsp3) is 0.688. The fourth-order valence-electron chi connectivity index (χ4n) is 2.99. The summed E-state index contributed by atoms with van der Waals surface area (Å²) in [6.07, 6.45) is 6.18. The van der Waals surface area contributed by atoms with Crippen LogP contribution >= 0.6 is 0 Å². The van der Waals surface area contributed by atoms with Crippen LogP contribution in [-0.4, -0.2) is 24.7 Å². The van der Waals surface area contributed by atoms with Crippen molar-refractivity contribution in [3.63, 3.8) is 0 Å². The Kier molecular flexibility index (Phi) is 5.10. The Morgan fingerprint density at radius 1 is 1.35 bits per heavy atom. The van der Waals surface area contributed by atoms with E-state index in [1.807, 2.05) is 12.1 Å². The molecular formula is C16H27N3O. The topological polar surface area (TPSA) is 51.4 Å². The number of nitrogens with zero attached hydrogens (tertiary/aromatic N) is 2. The lowest BCUT2D eigenvalue weighted by Crippen LogP contribution is -2.39. The molecule has 1 fully saturated rings. The molecule has 1 aromatic heterocycles. The lowest BCUT2D eigenvalue weighted by Gasteiger charge is -2.37. The maximum absolute atomic E-state index is 5.93. The highest BCUT2D eigenvalue weighted by molar-refractivity contribution is 5.54. The van der Waals surface area contributed by atoms with E-state index in [-0.39, 0.29) is 0 Å². The molecule has 1 aromatic rings. The van der Waals surface area contributed by atoms with E-state index < -0.39 is 0 Å². The molecule has 1 aliphatic rings. The number of aromatic nitrogens is 1. The maximum atomic E-state index is 5.93. The standard InChI is InChI=1S/C16H27N3O/c1-4-11-20-16-13(17)9-10-15(18-16)19(3)14-8-6-5-7-12(14)2/h9-10,12,14H,4-8,11,17H2,1-3H3. The molecule has 0 amide bonds. The molecule has 1 saturated carbocycles. The molecular weight excluding hydrogens is 250 g/mol. The van der Waals surface area contributed by atoms with Crippen LogP contribution in [0.4, 0.5) is 11.5 Å². The molecule has 0 aromatic carbocycles. The van der Waals surface area contributed by atoms with Gasteiger partial charge in [-0.05, 0) is 37.3 Å². The highest BCUT2D eigenvalue weighted by atomic mass is 16.5. The quantitative estimate of drug-likeness (QED) is 0.895. The summed E-state index contributed by atoms with van der Waals surface area (Å²) in [5.41, 5.74) is 6.55. The van der Waals surface area contributed by atoms with Gasteiger partial charge in [0.25, 0.3) is 0 Å².